The van der Waals surface area contributed by atoms with Crippen LogP contribution in [0.3, 0.4) is 0 Å². The third kappa shape index (κ3) is 3.74. The van der Waals surface area contributed by atoms with E-state index >= 15 is 0 Å². The maximum Gasteiger partial charge on any atom is 0.261 e. The van der Waals surface area contributed by atoms with Gasteiger partial charge < -0.3 is 0 Å². The minimum atomic E-state index is -3.68. The quantitative estimate of drug-likeness (QED) is 0.458. The number of aromatic nitrogens is 5. The first-order valence-corrected chi connectivity index (χ1v) is 10.9. The number of rotatable bonds is 5. The topological polar surface area (TPSA) is 102 Å². The van der Waals surface area contributed by atoms with Gasteiger partial charge in [0.05, 0.1) is 10.6 Å². The summed E-state index contributed by atoms with van der Waals surface area (Å²) in [7, 11) is -3.68. The Bertz CT molecular complexity index is 1470. The first-order valence-electron chi connectivity index (χ1n) is 9.41. The van der Waals surface area contributed by atoms with E-state index in [1.807, 2.05) is 30.3 Å². The smallest absolute Gasteiger partial charge is 0.261 e. The standard InChI is InChI=1S/C22H16N6O2S/c29-31(30,19-9-2-1-3-10-19)27-18-8-4-6-16(14-18)20-11-12-21-24-25-22(28(21)26-20)17-7-5-13-23-15-17/h1-15,27H. The van der Waals surface area contributed by atoms with E-state index in [0.717, 1.165) is 11.1 Å². The molecule has 0 saturated heterocycles. The highest BCUT2D eigenvalue weighted by atomic mass is 32.2. The van der Waals surface area contributed by atoms with Crippen LogP contribution < -0.4 is 4.72 Å². The molecular formula is C22H16N6O2S. The normalized spacial score (nSPS) is 11.5. The van der Waals surface area contributed by atoms with E-state index in [-0.39, 0.29) is 4.90 Å². The summed E-state index contributed by atoms with van der Waals surface area (Å²) < 4.78 is 29.5. The average molecular weight is 428 g/mol. The SMILES string of the molecule is O=S(=O)(Nc1cccc(-c2ccc3nnc(-c4cccnc4)n3n2)c1)c1ccccc1. The monoisotopic (exact) mass is 428 g/mol. The number of nitrogens with one attached hydrogen (secondary N) is 1. The van der Waals surface area contributed by atoms with Crippen molar-refractivity contribution in [2.75, 3.05) is 4.72 Å². The molecule has 2 aromatic carbocycles. The molecule has 3 heterocycles. The predicted molar refractivity (Wildman–Crippen MR) is 117 cm³/mol. The van der Waals surface area contributed by atoms with Crippen LogP contribution in [0.2, 0.25) is 0 Å². The van der Waals surface area contributed by atoms with Crippen LogP contribution in [0.15, 0.2) is 96.2 Å². The summed E-state index contributed by atoms with van der Waals surface area (Å²) in [5, 5.41) is 13.0. The van der Waals surface area contributed by atoms with Crippen molar-refractivity contribution in [2.45, 2.75) is 4.90 Å². The molecule has 0 unspecified atom stereocenters. The highest BCUT2D eigenvalue weighted by Crippen LogP contribution is 2.24. The molecule has 0 radical (unpaired) electrons. The first-order chi connectivity index (χ1) is 15.1. The number of benzene rings is 2. The van der Waals surface area contributed by atoms with Gasteiger partial charge in [-0.15, -0.1) is 10.2 Å². The number of hydrogen-bond donors (Lipinski definition) is 1. The molecule has 0 fully saturated rings. The molecule has 5 rings (SSSR count). The van der Waals surface area contributed by atoms with E-state index in [1.54, 1.807) is 65.4 Å². The minimum Gasteiger partial charge on any atom is -0.280 e. The number of anilines is 1. The minimum absolute atomic E-state index is 0.200. The Morgan fingerprint density at radius 1 is 0.806 bits per heavy atom. The second-order valence-electron chi connectivity index (χ2n) is 6.75. The molecule has 0 aliphatic rings. The lowest BCUT2D eigenvalue weighted by Crippen LogP contribution is -2.12. The zero-order valence-corrected chi connectivity index (χ0v) is 16.9. The summed E-state index contributed by atoms with van der Waals surface area (Å²) in [4.78, 5) is 4.32. The summed E-state index contributed by atoms with van der Waals surface area (Å²) in [5.41, 5.74) is 3.24. The molecule has 0 aliphatic carbocycles. The lowest BCUT2D eigenvalue weighted by molar-refractivity contribution is 0.601. The van der Waals surface area contributed by atoms with E-state index < -0.39 is 10.0 Å². The molecule has 31 heavy (non-hydrogen) atoms. The zero-order valence-electron chi connectivity index (χ0n) is 16.1. The van der Waals surface area contributed by atoms with E-state index in [2.05, 4.69) is 25.0 Å². The fourth-order valence-corrected chi connectivity index (χ4v) is 4.24. The van der Waals surface area contributed by atoms with E-state index in [9.17, 15) is 8.42 Å². The van der Waals surface area contributed by atoms with Crippen LogP contribution in [0.4, 0.5) is 5.69 Å². The predicted octanol–water partition coefficient (Wildman–Crippen LogP) is 3.65. The van der Waals surface area contributed by atoms with Crippen LogP contribution in [0.25, 0.3) is 28.3 Å². The van der Waals surface area contributed by atoms with Crippen LogP contribution in [-0.2, 0) is 10.0 Å². The number of fused-ring (bicyclic) bond motifs is 1. The van der Waals surface area contributed by atoms with E-state index in [0.29, 0.717) is 22.9 Å². The molecule has 0 spiro atoms. The second-order valence-corrected chi connectivity index (χ2v) is 8.44. The van der Waals surface area contributed by atoms with Crippen LogP contribution in [0.1, 0.15) is 0 Å². The van der Waals surface area contributed by atoms with Gasteiger partial charge in [-0.05, 0) is 48.5 Å². The van der Waals surface area contributed by atoms with E-state index in [4.69, 9.17) is 0 Å². The first kappa shape index (κ1) is 18.9. The van der Waals surface area contributed by atoms with Gasteiger partial charge >= 0.3 is 0 Å². The Kier molecular flexibility index (Phi) is 4.64. The molecule has 1 N–H and O–H groups in total. The van der Waals surface area contributed by atoms with Crippen molar-refractivity contribution in [1.82, 2.24) is 24.8 Å². The van der Waals surface area contributed by atoms with Crippen LogP contribution in [-0.4, -0.2) is 33.2 Å². The summed E-state index contributed by atoms with van der Waals surface area (Å²) >= 11 is 0. The summed E-state index contributed by atoms with van der Waals surface area (Å²) in [6.07, 6.45) is 3.39. The van der Waals surface area contributed by atoms with E-state index in [1.165, 1.54) is 0 Å². The Morgan fingerprint density at radius 3 is 2.45 bits per heavy atom. The van der Waals surface area contributed by atoms with Gasteiger partial charge in [0.1, 0.15) is 0 Å². The van der Waals surface area contributed by atoms with Crippen LogP contribution in [0.5, 0.6) is 0 Å². The third-order valence-electron chi connectivity index (χ3n) is 4.65. The number of hydrogen-bond acceptors (Lipinski definition) is 6. The molecule has 0 saturated carbocycles. The molecule has 0 atom stereocenters. The fraction of sp³-hybridized carbons (Fsp3) is 0. The Balaban J connectivity index is 1.51. The largest absolute Gasteiger partial charge is 0.280 e. The van der Waals surface area contributed by atoms with Crippen LogP contribution in [0, 0.1) is 0 Å². The van der Waals surface area contributed by atoms with Gasteiger partial charge in [0.15, 0.2) is 11.5 Å². The summed E-state index contributed by atoms with van der Waals surface area (Å²) in [5.74, 6) is 0.575. The molecule has 0 aliphatic heterocycles. The molecular weight excluding hydrogens is 412 g/mol. The maximum atomic E-state index is 12.6. The van der Waals surface area contributed by atoms with Gasteiger partial charge in [-0.3, -0.25) is 9.71 Å². The van der Waals surface area contributed by atoms with Gasteiger partial charge in [-0.25, -0.2) is 8.42 Å². The van der Waals surface area contributed by atoms with Crippen molar-refractivity contribution in [2.24, 2.45) is 0 Å². The highest BCUT2D eigenvalue weighted by molar-refractivity contribution is 7.92. The molecule has 3 aromatic heterocycles. The molecule has 152 valence electrons. The molecule has 9 heteroatoms. The van der Waals surface area contributed by atoms with Crippen molar-refractivity contribution in [3.8, 4) is 22.6 Å². The Morgan fingerprint density at radius 2 is 1.65 bits per heavy atom. The molecule has 0 amide bonds. The Hall–Kier alpha value is -4.11. The second kappa shape index (κ2) is 7.62. The van der Waals surface area contributed by atoms with Gasteiger partial charge in [-0.1, -0.05) is 30.3 Å². The molecule has 5 aromatic rings. The lowest BCUT2D eigenvalue weighted by Gasteiger charge is -2.10. The fourth-order valence-electron chi connectivity index (χ4n) is 3.17. The zero-order chi connectivity index (χ0) is 21.3. The van der Waals surface area contributed by atoms with Crippen LogP contribution >= 0.6 is 0 Å². The third-order valence-corrected chi connectivity index (χ3v) is 6.04. The van der Waals surface area contributed by atoms with Gasteiger partial charge in [0.25, 0.3) is 10.0 Å². The maximum absolute atomic E-state index is 12.6. The van der Waals surface area contributed by atoms with Crippen molar-refractivity contribution in [3.05, 3.63) is 91.3 Å². The molecule has 8 nitrogen and oxygen atoms in total. The van der Waals surface area contributed by atoms with Crippen molar-refractivity contribution < 1.29 is 8.42 Å². The molecule has 0 bridgehead atoms. The highest BCUT2D eigenvalue weighted by Gasteiger charge is 2.15. The summed E-state index contributed by atoms with van der Waals surface area (Å²) in [6.45, 7) is 0. The Labute approximate surface area is 178 Å². The number of sulfonamides is 1. The number of nitrogens with zero attached hydrogens (tertiary/aromatic N) is 5. The lowest BCUT2D eigenvalue weighted by atomic mass is 10.1. The van der Waals surface area contributed by atoms with Gasteiger partial charge in [-0.2, -0.15) is 9.61 Å². The van der Waals surface area contributed by atoms with Gasteiger partial charge in [0.2, 0.25) is 0 Å². The summed E-state index contributed by atoms with van der Waals surface area (Å²) in [6, 6.07) is 22.7. The van der Waals surface area contributed by atoms with Crippen molar-refractivity contribution in [3.63, 3.8) is 0 Å². The van der Waals surface area contributed by atoms with Gasteiger partial charge in [0, 0.05) is 29.2 Å². The van der Waals surface area contributed by atoms with Crippen molar-refractivity contribution >= 4 is 21.4 Å². The average Bonchev–Trinajstić information content (AvgIpc) is 3.23. The number of pyridine rings is 1. The van der Waals surface area contributed by atoms with Crippen molar-refractivity contribution in [1.29, 1.82) is 0 Å².